The largest absolute Gasteiger partial charge is 0.493 e. The Morgan fingerprint density at radius 2 is 1.85 bits per heavy atom. The van der Waals surface area contributed by atoms with Gasteiger partial charge in [-0.1, -0.05) is 0 Å². The average Bonchev–Trinajstić information content (AvgIpc) is 2.68. The van der Waals surface area contributed by atoms with Crippen LogP contribution < -0.4 is 25.3 Å². The number of aromatic nitrogens is 1. The van der Waals surface area contributed by atoms with E-state index in [2.05, 4.69) is 10.3 Å². The molecule has 142 valence electrons. The first-order chi connectivity index (χ1) is 13.0. The monoisotopic (exact) mass is 375 g/mol. The van der Waals surface area contributed by atoms with Crippen LogP contribution in [-0.2, 0) is 0 Å². The molecule has 0 aliphatic heterocycles. The fourth-order valence-electron chi connectivity index (χ4n) is 2.50. The first kappa shape index (κ1) is 18.7. The highest BCUT2D eigenvalue weighted by Crippen LogP contribution is 2.38. The van der Waals surface area contributed by atoms with E-state index in [0.29, 0.717) is 41.3 Å². The van der Waals surface area contributed by atoms with Crippen molar-refractivity contribution in [3.63, 3.8) is 0 Å². The molecule has 3 rings (SSSR count). The summed E-state index contributed by atoms with van der Waals surface area (Å²) in [7, 11) is 3.34. The number of nitrogen functional groups attached to an aromatic ring is 1. The van der Waals surface area contributed by atoms with Crippen molar-refractivity contribution in [3.05, 3.63) is 48.2 Å². The van der Waals surface area contributed by atoms with Gasteiger partial charge >= 0.3 is 0 Å². The number of rotatable bonds is 7. The van der Waals surface area contributed by atoms with Gasteiger partial charge in [-0.15, -0.1) is 0 Å². The Bertz CT molecular complexity index is 967. The molecule has 0 bridgehead atoms. The Hall–Kier alpha value is -3.13. The maximum atomic E-state index is 14.1. The van der Waals surface area contributed by atoms with E-state index in [1.807, 2.05) is 7.05 Å². The van der Waals surface area contributed by atoms with Crippen LogP contribution in [0.5, 0.6) is 23.0 Å². The predicted octanol–water partition coefficient (Wildman–Crippen LogP) is 3.49. The number of nitrogens with zero attached hydrogens (tertiary/aromatic N) is 1. The summed E-state index contributed by atoms with van der Waals surface area (Å²) in [5.74, 6) is -1.29. The topological polar surface area (TPSA) is 78.6 Å². The quantitative estimate of drug-likeness (QED) is 0.486. The second-order valence-electron chi connectivity index (χ2n) is 5.66. The highest BCUT2D eigenvalue weighted by atomic mass is 19.2. The molecule has 2 aromatic carbocycles. The zero-order valence-electron chi connectivity index (χ0n) is 14.9. The van der Waals surface area contributed by atoms with E-state index in [1.165, 1.54) is 25.4 Å². The smallest absolute Gasteiger partial charge is 0.203 e. The molecule has 0 saturated carbocycles. The molecule has 1 aromatic heterocycles. The zero-order chi connectivity index (χ0) is 19.4. The number of anilines is 1. The van der Waals surface area contributed by atoms with Gasteiger partial charge in [0.05, 0.1) is 18.3 Å². The van der Waals surface area contributed by atoms with Gasteiger partial charge in [0.25, 0.3) is 0 Å². The summed E-state index contributed by atoms with van der Waals surface area (Å²) in [4.78, 5) is 4.28. The van der Waals surface area contributed by atoms with Crippen LogP contribution in [0.3, 0.4) is 0 Å². The third-order valence-corrected chi connectivity index (χ3v) is 3.89. The number of fused-ring (bicyclic) bond motifs is 1. The molecule has 0 amide bonds. The molecule has 0 saturated heterocycles. The summed E-state index contributed by atoms with van der Waals surface area (Å²) < 4.78 is 44.4. The van der Waals surface area contributed by atoms with Gasteiger partial charge in [-0.05, 0) is 31.3 Å². The summed E-state index contributed by atoms with van der Waals surface area (Å²) in [6, 6.07) is 7.45. The van der Waals surface area contributed by atoms with E-state index in [1.54, 1.807) is 18.2 Å². The number of hydrogen-bond donors (Lipinski definition) is 2. The van der Waals surface area contributed by atoms with Crippen LogP contribution >= 0.6 is 0 Å². The molecule has 1 heterocycles. The van der Waals surface area contributed by atoms with Gasteiger partial charge in [0.1, 0.15) is 12.4 Å². The van der Waals surface area contributed by atoms with Gasteiger partial charge in [0.15, 0.2) is 23.1 Å². The number of pyridine rings is 1. The van der Waals surface area contributed by atoms with Crippen molar-refractivity contribution in [1.82, 2.24) is 10.3 Å². The average molecular weight is 375 g/mol. The van der Waals surface area contributed by atoms with Crippen molar-refractivity contribution in [2.45, 2.75) is 0 Å². The normalized spacial score (nSPS) is 10.8. The zero-order valence-corrected chi connectivity index (χ0v) is 14.9. The number of methoxy groups -OCH3 is 1. The minimum Gasteiger partial charge on any atom is -0.493 e. The van der Waals surface area contributed by atoms with E-state index < -0.39 is 11.6 Å². The lowest BCUT2D eigenvalue weighted by Gasteiger charge is -2.14. The summed E-state index contributed by atoms with van der Waals surface area (Å²) in [6.45, 7) is 1.12. The predicted molar refractivity (Wildman–Crippen MR) is 98.6 cm³/mol. The molecule has 0 aliphatic rings. The van der Waals surface area contributed by atoms with Crippen molar-refractivity contribution in [2.75, 3.05) is 33.0 Å². The Labute approximate surface area is 154 Å². The summed E-state index contributed by atoms with van der Waals surface area (Å²) in [5, 5.41) is 3.55. The van der Waals surface area contributed by atoms with E-state index in [4.69, 9.17) is 19.9 Å². The maximum absolute atomic E-state index is 14.1. The molecule has 8 heteroatoms. The maximum Gasteiger partial charge on any atom is 0.203 e. The molecule has 6 nitrogen and oxygen atoms in total. The van der Waals surface area contributed by atoms with Crippen LogP contribution in [0, 0.1) is 11.6 Å². The number of nitrogens with one attached hydrogen (secondary N) is 1. The SMILES string of the molecule is CNCCOc1cc2nccc(Oc3ccc(N)c(F)c3F)c2cc1OC. The molecule has 0 fully saturated rings. The van der Waals surface area contributed by atoms with E-state index in [-0.39, 0.29) is 11.4 Å². The van der Waals surface area contributed by atoms with Crippen LogP contribution in [0.25, 0.3) is 10.9 Å². The molecule has 0 aliphatic carbocycles. The second-order valence-corrected chi connectivity index (χ2v) is 5.66. The first-order valence-electron chi connectivity index (χ1n) is 8.20. The van der Waals surface area contributed by atoms with Crippen molar-refractivity contribution in [2.24, 2.45) is 0 Å². The fraction of sp³-hybridized carbons (Fsp3) is 0.211. The number of ether oxygens (including phenoxy) is 3. The molecule has 0 radical (unpaired) electrons. The summed E-state index contributed by atoms with van der Waals surface area (Å²) >= 11 is 0. The molecule has 27 heavy (non-hydrogen) atoms. The minimum atomic E-state index is -1.15. The third-order valence-electron chi connectivity index (χ3n) is 3.89. The Balaban J connectivity index is 2.00. The van der Waals surface area contributed by atoms with Gasteiger partial charge in [-0.2, -0.15) is 4.39 Å². The van der Waals surface area contributed by atoms with Crippen LogP contribution in [-0.4, -0.2) is 32.3 Å². The lowest BCUT2D eigenvalue weighted by atomic mass is 10.1. The van der Waals surface area contributed by atoms with Crippen LogP contribution in [0.15, 0.2) is 36.5 Å². The Morgan fingerprint density at radius 1 is 1.04 bits per heavy atom. The van der Waals surface area contributed by atoms with Crippen molar-refractivity contribution >= 4 is 16.6 Å². The standard InChI is InChI=1S/C19H19F2N3O3/c1-23-7-8-26-17-10-13-11(9-16(17)25-2)14(5-6-24-13)27-15-4-3-12(22)18(20)19(15)21/h3-6,9-10,23H,7-8,22H2,1-2H3. The Morgan fingerprint density at radius 3 is 2.59 bits per heavy atom. The fourth-order valence-corrected chi connectivity index (χ4v) is 2.50. The number of nitrogens with two attached hydrogens (primary N) is 1. The molecule has 3 aromatic rings. The van der Waals surface area contributed by atoms with E-state index in [9.17, 15) is 8.78 Å². The third kappa shape index (κ3) is 3.85. The minimum absolute atomic E-state index is 0.275. The molecule has 0 atom stereocenters. The van der Waals surface area contributed by atoms with Crippen LogP contribution in [0.4, 0.5) is 14.5 Å². The number of hydrogen-bond acceptors (Lipinski definition) is 6. The highest BCUT2D eigenvalue weighted by molar-refractivity contribution is 5.88. The molecule has 0 spiro atoms. The number of benzene rings is 2. The van der Waals surface area contributed by atoms with Crippen LogP contribution in [0.2, 0.25) is 0 Å². The van der Waals surface area contributed by atoms with Crippen molar-refractivity contribution in [3.8, 4) is 23.0 Å². The Kier molecular flexibility index (Phi) is 5.56. The van der Waals surface area contributed by atoms with Gasteiger partial charge in [0.2, 0.25) is 5.82 Å². The first-order valence-corrected chi connectivity index (χ1v) is 8.20. The summed E-state index contributed by atoms with van der Waals surface area (Å²) in [5.41, 5.74) is 5.63. The van der Waals surface area contributed by atoms with Crippen molar-refractivity contribution in [1.29, 1.82) is 0 Å². The molecule has 0 unspecified atom stereocenters. The highest BCUT2D eigenvalue weighted by Gasteiger charge is 2.16. The lowest BCUT2D eigenvalue weighted by Crippen LogP contribution is -2.16. The molecular formula is C19H19F2N3O3. The van der Waals surface area contributed by atoms with E-state index >= 15 is 0 Å². The van der Waals surface area contributed by atoms with Gasteiger partial charge < -0.3 is 25.3 Å². The number of likely N-dealkylation sites (N-methyl/N-ethyl adjacent to an activating group) is 1. The summed E-state index contributed by atoms with van der Waals surface area (Å²) in [6.07, 6.45) is 1.51. The van der Waals surface area contributed by atoms with Crippen LogP contribution in [0.1, 0.15) is 0 Å². The van der Waals surface area contributed by atoms with Gasteiger partial charge in [0, 0.05) is 24.2 Å². The molecule has 3 N–H and O–H groups in total. The van der Waals surface area contributed by atoms with Gasteiger partial charge in [-0.25, -0.2) is 4.39 Å². The second kappa shape index (κ2) is 8.05. The molecular weight excluding hydrogens is 356 g/mol. The number of halogens is 2. The van der Waals surface area contributed by atoms with Gasteiger partial charge in [-0.3, -0.25) is 4.98 Å². The lowest BCUT2D eigenvalue weighted by molar-refractivity contribution is 0.296. The van der Waals surface area contributed by atoms with E-state index in [0.717, 1.165) is 0 Å². The van der Waals surface area contributed by atoms with Crippen molar-refractivity contribution < 1.29 is 23.0 Å².